The summed E-state index contributed by atoms with van der Waals surface area (Å²) < 4.78 is 44.7. The normalized spacial score (nSPS) is 11.3. The van der Waals surface area contributed by atoms with E-state index in [1.165, 1.54) is 12.1 Å². The predicted molar refractivity (Wildman–Crippen MR) is 97.7 cm³/mol. The standard InChI is InChI=1S/C18H16Cl2F3NO3/c1-2-24-13-4-11(3-12(8-13)18(21,22)23)9-27-17-14(19)5-10(6-15(17)20)7-16(25)26/h3-6,8,24H,2,7,9H2,1H3,(H,25,26). The number of aliphatic carboxylic acids is 1. The zero-order valence-electron chi connectivity index (χ0n) is 14.2. The first kappa shape index (κ1) is 21.2. The van der Waals surface area contributed by atoms with Gasteiger partial charge < -0.3 is 15.2 Å². The Hall–Kier alpha value is -2.12. The van der Waals surface area contributed by atoms with Gasteiger partial charge in [0.05, 0.1) is 22.0 Å². The van der Waals surface area contributed by atoms with Gasteiger partial charge in [0.2, 0.25) is 0 Å². The van der Waals surface area contributed by atoms with Crippen LogP contribution in [0, 0.1) is 0 Å². The minimum Gasteiger partial charge on any atom is -0.486 e. The minimum atomic E-state index is -4.49. The van der Waals surface area contributed by atoms with Crippen molar-refractivity contribution in [3.63, 3.8) is 0 Å². The lowest BCUT2D eigenvalue weighted by atomic mass is 10.1. The molecule has 0 bridgehead atoms. The molecule has 0 atom stereocenters. The number of nitrogens with one attached hydrogen (secondary N) is 1. The Labute approximate surface area is 163 Å². The maximum atomic E-state index is 13.1. The highest BCUT2D eigenvalue weighted by atomic mass is 35.5. The van der Waals surface area contributed by atoms with Crippen molar-refractivity contribution >= 4 is 34.9 Å². The number of hydrogen-bond donors (Lipinski definition) is 2. The molecule has 27 heavy (non-hydrogen) atoms. The average Bonchev–Trinajstić information content (AvgIpc) is 2.52. The van der Waals surface area contributed by atoms with Gasteiger partial charge in [0.25, 0.3) is 0 Å². The fourth-order valence-electron chi connectivity index (χ4n) is 2.43. The van der Waals surface area contributed by atoms with E-state index in [-0.39, 0.29) is 34.4 Å². The van der Waals surface area contributed by atoms with E-state index < -0.39 is 17.7 Å². The Bertz CT molecular complexity index is 818. The van der Waals surface area contributed by atoms with E-state index in [0.717, 1.165) is 12.1 Å². The molecule has 2 aromatic rings. The van der Waals surface area contributed by atoms with Crippen LogP contribution in [0.3, 0.4) is 0 Å². The van der Waals surface area contributed by atoms with E-state index in [2.05, 4.69) is 5.32 Å². The van der Waals surface area contributed by atoms with Crippen LogP contribution in [-0.2, 0) is 24.0 Å². The van der Waals surface area contributed by atoms with Crippen LogP contribution in [0.25, 0.3) is 0 Å². The van der Waals surface area contributed by atoms with Crippen LogP contribution in [-0.4, -0.2) is 17.6 Å². The van der Waals surface area contributed by atoms with Crippen LogP contribution in [0.1, 0.15) is 23.6 Å². The largest absolute Gasteiger partial charge is 0.486 e. The van der Waals surface area contributed by atoms with Gasteiger partial charge in [0.15, 0.2) is 5.75 Å². The summed E-state index contributed by atoms with van der Waals surface area (Å²) in [5.41, 5.74) is 0.189. The van der Waals surface area contributed by atoms with E-state index >= 15 is 0 Å². The molecule has 0 aromatic heterocycles. The van der Waals surface area contributed by atoms with Crippen molar-refractivity contribution in [2.24, 2.45) is 0 Å². The fraction of sp³-hybridized carbons (Fsp3) is 0.278. The number of carboxylic acid groups (broad SMARTS) is 1. The zero-order chi connectivity index (χ0) is 20.2. The molecule has 0 heterocycles. The Kier molecular flexibility index (Phi) is 6.84. The summed E-state index contributed by atoms with van der Waals surface area (Å²) in [6.07, 6.45) is -4.76. The predicted octanol–water partition coefficient (Wildman–Crippen LogP) is 5.65. The van der Waals surface area contributed by atoms with E-state index in [1.54, 1.807) is 13.0 Å². The summed E-state index contributed by atoms with van der Waals surface area (Å²) in [4.78, 5) is 10.8. The topological polar surface area (TPSA) is 58.6 Å². The average molecular weight is 422 g/mol. The van der Waals surface area contributed by atoms with Crippen LogP contribution in [0.2, 0.25) is 10.0 Å². The molecular weight excluding hydrogens is 406 g/mol. The maximum absolute atomic E-state index is 13.1. The summed E-state index contributed by atoms with van der Waals surface area (Å²) in [6, 6.07) is 6.34. The highest BCUT2D eigenvalue weighted by Gasteiger charge is 2.31. The van der Waals surface area contributed by atoms with E-state index in [0.29, 0.717) is 17.8 Å². The molecule has 9 heteroatoms. The van der Waals surface area contributed by atoms with Crippen molar-refractivity contribution in [2.45, 2.75) is 26.1 Å². The Morgan fingerprint density at radius 1 is 1.11 bits per heavy atom. The second-order valence-corrected chi connectivity index (χ2v) is 6.51. The lowest BCUT2D eigenvalue weighted by molar-refractivity contribution is -0.138. The van der Waals surface area contributed by atoms with Crippen molar-refractivity contribution in [2.75, 3.05) is 11.9 Å². The third kappa shape index (κ3) is 5.94. The second-order valence-electron chi connectivity index (χ2n) is 5.69. The summed E-state index contributed by atoms with van der Waals surface area (Å²) in [6.45, 7) is 2.04. The number of carbonyl (C=O) groups is 1. The maximum Gasteiger partial charge on any atom is 0.416 e. The molecule has 0 saturated heterocycles. The smallest absolute Gasteiger partial charge is 0.416 e. The summed E-state index contributed by atoms with van der Waals surface area (Å²) in [7, 11) is 0. The van der Waals surface area contributed by atoms with Gasteiger partial charge in [-0.15, -0.1) is 0 Å². The van der Waals surface area contributed by atoms with Crippen molar-refractivity contribution in [1.82, 2.24) is 0 Å². The number of alkyl halides is 3. The van der Waals surface area contributed by atoms with Crippen LogP contribution in [0.4, 0.5) is 18.9 Å². The quantitative estimate of drug-likeness (QED) is 0.606. The molecule has 0 amide bonds. The second kappa shape index (κ2) is 8.71. The van der Waals surface area contributed by atoms with Crippen LogP contribution >= 0.6 is 23.2 Å². The van der Waals surface area contributed by atoms with Gasteiger partial charge in [0, 0.05) is 12.2 Å². The monoisotopic (exact) mass is 421 g/mol. The Balaban J connectivity index is 2.25. The SMILES string of the molecule is CCNc1cc(COc2c(Cl)cc(CC(=O)O)cc2Cl)cc(C(F)(F)F)c1. The first-order valence-corrected chi connectivity index (χ1v) is 8.63. The number of carboxylic acids is 1. The molecule has 0 fully saturated rings. The number of rotatable bonds is 7. The van der Waals surface area contributed by atoms with E-state index in [9.17, 15) is 18.0 Å². The summed E-state index contributed by atoms with van der Waals surface area (Å²) in [5.74, 6) is -0.967. The molecule has 0 saturated carbocycles. The highest BCUT2D eigenvalue weighted by Crippen LogP contribution is 2.36. The molecule has 0 aliphatic carbocycles. The van der Waals surface area contributed by atoms with Gasteiger partial charge in [-0.25, -0.2) is 0 Å². The molecule has 0 spiro atoms. The number of hydrogen-bond acceptors (Lipinski definition) is 3. The van der Waals surface area contributed by atoms with Gasteiger partial charge in [-0.2, -0.15) is 13.2 Å². The van der Waals surface area contributed by atoms with Gasteiger partial charge in [0.1, 0.15) is 6.61 Å². The van der Waals surface area contributed by atoms with Crippen molar-refractivity contribution in [1.29, 1.82) is 0 Å². The number of anilines is 1. The summed E-state index contributed by atoms with van der Waals surface area (Å²) >= 11 is 12.1. The first-order valence-electron chi connectivity index (χ1n) is 7.87. The van der Waals surface area contributed by atoms with Crippen LogP contribution in [0.5, 0.6) is 5.75 Å². The molecule has 2 rings (SSSR count). The van der Waals surface area contributed by atoms with Crippen LogP contribution in [0.15, 0.2) is 30.3 Å². The first-order chi connectivity index (χ1) is 12.6. The molecule has 0 radical (unpaired) electrons. The molecule has 146 valence electrons. The molecule has 4 nitrogen and oxygen atoms in total. The molecular formula is C18H16Cl2F3NO3. The molecule has 0 aliphatic rings. The van der Waals surface area contributed by atoms with Gasteiger partial charge in [-0.1, -0.05) is 23.2 Å². The van der Waals surface area contributed by atoms with E-state index in [4.69, 9.17) is 33.0 Å². The zero-order valence-corrected chi connectivity index (χ0v) is 15.7. The minimum absolute atomic E-state index is 0.0786. The number of halogens is 5. The summed E-state index contributed by atoms with van der Waals surface area (Å²) in [5, 5.41) is 11.8. The van der Waals surface area contributed by atoms with Crippen molar-refractivity contribution in [3.8, 4) is 5.75 Å². The van der Waals surface area contributed by atoms with Gasteiger partial charge in [-0.3, -0.25) is 4.79 Å². The fourth-order valence-corrected chi connectivity index (χ4v) is 3.07. The molecule has 2 aromatic carbocycles. The molecule has 0 aliphatic heterocycles. The van der Waals surface area contributed by atoms with Gasteiger partial charge >= 0.3 is 12.1 Å². The lowest BCUT2D eigenvalue weighted by Crippen LogP contribution is -2.09. The highest BCUT2D eigenvalue weighted by molar-refractivity contribution is 6.37. The molecule has 2 N–H and O–H groups in total. The van der Waals surface area contributed by atoms with Crippen molar-refractivity contribution < 1.29 is 27.8 Å². The third-order valence-electron chi connectivity index (χ3n) is 3.50. The number of ether oxygens (including phenoxy) is 1. The Morgan fingerprint density at radius 3 is 2.26 bits per heavy atom. The van der Waals surface area contributed by atoms with Gasteiger partial charge in [-0.05, 0) is 48.4 Å². The lowest BCUT2D eigenvalue weighted by Gasteiger charge is -2.15. The number of benzene rings is 2. The van der Waals surface area contributed by atoms with E-state index in [1.807, 2.05) is 0 Å². The molecule has 0 unspecified atom stereocenters. The Morgan fingerprint density at radius 2 is 1.74 bits per heavy atom. The third-order valence-corrected chi connectivity index (χ3v) is 4.06. The van der Waals surface area contributed by atoms with Crippen LogP contribution < -0.4 is 10.1 Å². The van der Waals surface area contributed by atoms with Crippen molar-refractivity contribution in [3.05, 3.63) is 57.1 Å².